The van der Waals surface area contributed by atoms with Gasteiger partial charge in [-0.3, -0.25) is 4.79 Å². The first-order valence-electron chi connectivity index (χ1n) is 11.9. The second kappa shape index (κ2) is 9.43. The van der Waals surface area contributed by atoms with Gasteiger partial charge in [0.25, 0.3) is 5.91 Å². The predicted octanol–water partition coefficient (Wildman–Crippen LogP) is 4.09. The van der Waals surface area contributed by atoms with Crippen LogP contribution < -0.4 is 10.6 Å². The third kappa shape index (κ3) is 4.92. The number of aliphatic hydroxyl groups is 1. The van der Waals surface area contributed by atoms with Gasteiger partial charge in [0.15, 0.2) is 5.82 Å². The zero-order chi connectivity index (χ0) is 25.3. The van der Waals surface area contributed by atoms with Crippen LogP contribution in [0.4, 0.5) is 11.5 Å². The fraction of sp³-hybridized carbons (Fsp3) is 0.259. The number of hydrogen-bond acceptors (Lipinski definition) is 6. The molecule has 1 aromatic carbocycles. The van der Waals surface area contributed by atoms with Gasteiger partial charge in [-0.2, -0.15) is 0 Å². The number of amides is 1. The number of fused-ring (bicyclic) bond motifs is 2. The molecule has 0 fully saturated rings. The average molecular weight is 484 g/mol. The summed E-state index contributed by atoms with van der Waals surface area (Å²) in [5.41, 5.74) is 4.53. The molecule has 0 saturated carbocycles. The van der Waals surface area contributed by atoms with E-state index in [1.807, 2.05) is 62.0 Å². The van der Waals surface area contributed by atoms with Gasteiger partial charge >= 0.3 is 0 Å². The summed E-state index contributed by atoms with van der Waals surface area (Å²) in [6.07, 6.45) is 5.46. The lowest BCUT2D eigenvalue weighted by Crippen LogP contribution is -2.41. The van der Waals surface area contributed by atoms with Crippen molar-refractivity contribution in [2.24, 2.45) is 0 Å². The van der Waals surface area contributed by atoms with Gasteiger partial charge in [0.2, 0.25) is 0 Å². The predicted molar refractivity (Wildman–Crippen MR) is 140 cm³/mol. The van der Waals surface area contributed by atoms with E-state index < -0.39 is 0 Å². The first-order valence-corrected chi connectivity index (χ1v) is 11.9. The molecule has 0 aliphatic carbocycles. The maximum absolute atomic E-state index is 12.5. The van der Waals surface area contributed by atoms with E-state index in [9.17, 15) is 9.90 Å². The summed E-state index contributed by atoms with van der Waals surface area (Å²) < 4.78 is 4.05. The minimum absolute atomic E-state index is 0.0383. The number of nitrogens with one attached hydrogen (secondary N) is 2. The summed E-state index contributed by atoms with van der Waals surface area (Å²) in [4.78, 5) is 25.9. The van der Waals surface area contributed by atoms with Crippen LogP contribution in [0.5, 0.6) is 0 Å². The number of aliphatic hydroxyl groups excluding tert-OH is 1. The van der Waals surface area contributed by atoms with Crippen molar-refractivity contribution in [3.63, 3.8) is 0 Å². The van der Waals surface area contributed by atoms with Gasteiger partial charge in [-0.1, -0.05) is 6.07 Å². The Morgan fingerprint density at radius 2 is 1.86 bits per heavy atom. The summed E-state index contributed by atoms with van der Waals surface area (Å²) in [6.45, 7) is 6.91. The third-order valence-electron chi connectivity index (χ3n) is 5.79. The molecule has 0 unspecified atom stereocenters. The van der Waals surface area contributed by atoms with Crippen molar-refractivity contribution in [2.75, 3.05) is 11.9 Å². The van der Waals surface area contributed by atoms with Crippen molar-refractivity contribution in [1.29, 1.82) is 0 Å². The summed E-state index contributed by atoms with van der Waals surface area (Å²) in [5.74, 6) is 0.508. The molecule has 36 heavy (non-hydrogen) atoms. The van der Waals surface area contributed by atoms with E-state index in [0.29, 0.717) is 24.6 Å². The largest absolute Gasteiger partial charge is 0.395 e. The molecule has 5 aromatic rings. The van der Waals surface area contributed by atoms with Crippen LogP contribution in [0.3, 0.4) is 0 Å². The molecule has 0 saturated heterocycles. The molecule has 0 radical (unpaired) electrons. The van der Waals surface area contributed by atoms with Crippen molar-refractivity contribution in [2.45, 2.75) is 39.4 Å². The summed E-state index contributed by atoms with van der Waals surface area (Å²) in [5, 5.41) is 16.8. The van der Waals surface area contributed by atoms with Crippen molar-refractivity contribution in [3.05, 3.63) is 78.6 Å². The van der Waals surface area contributed by atoms with E-state index in [0.717, 1.165) is 33.3 Å². The van der Waals surface area contributed by atoms with Crippen LogP contribution >= 0.6 is 0 Å². The third-order valence-corrected chi connectivity index (χ3v) is 5.79. The van der Waals surface area contributed by atoms with E-state index in [1.54, 1.807) is 6.07 Å². The van der Waals surface area contributed by atoms with Crippen LogP contribution in [-0.4, -0.2) is 47.2 Å². The first-order chi connectivity index (χ1) is 17.3. The van der Waals surface area contributed by atoms with Gasteiger partial charge in [-0.25, -0.2) is 15.0 Å². The van der Waals surface area contributed by atoms with E-state index >= 15 is 0 Å². The average Bonchev–Trinajstić information content (AvgIpc) is 3.43. The van der Waals surface area contributed by atoms with Crippen LogP contribution in [0.15, 0.2) is 67.3 Å². The molecule has 3 N–H and O–H groups in total. The zero-order valence-corrected chi connectivity index (χ0v) is 20.6. The van der Waals surface area contributed by atoms with Crippen molar-refractivity contribution < 1.29 is 9.90 Å². The number of carbonyl (C=O) groups is 1. The molecule has 184 valence electrons. The Labute approximate surface area is 208 Å². The fourth-order valence-electron chi connectivity index (χ4n) is 4.24. The zero-order valence-electron chi connectivity index (χ0n) is 20.6. The number of carbonyl (C=O) groups excluding carboxylic acids is 1. The Morgan fingerprint density at radius 1 is 1.03 bits per heavy atom. The van der Waals surface area contributed by atoms with Gasteiger partial charge < -0.3 is 24.9 Å². The lowest BCUT2D eigenvalue weighted by atomic mass is 10.1. The molecule has 1 amide bonds. The van der Waals surface area contributed by atoms with Gasteiger partial charge in [0, 0.05) is 41.1 Å². The summed E-state index contributed by atoms with van der Waals surface area (Å²) in [6, 6.07) is 15.6. The van der Waals surface area contributed by atoms with E-state index in [1.165, 1.54) is 6.33 Å². The number of nitrogens with zero attached hydrogens (tertiary/aromatic N) is 5. The molecule has 4 heterocycles. The molecule has 0 atom stereocenters. The molecular formula is C27H29N7O2. The molecule has 4 aromatic heterocycles. The van der Waals surface area contributed by atoms with Gasteiger partial charge in [0.1, 0.15) is 17.5 Å². The highest BCUT2D eigenvalue weighted by molar-refractivity contribution is 5.93. The monoisotopic (exact) mass is 483 g/mol. The number of benzene rings is 1. The highest BCUT2D eigenvalue weighted by Gasteiger charge is 2.17. The minimum Gasteiger partial charge on any atom is -0.395 e. The number of anilines is 2. The Kier molecular flexibility index (Phi) is 6.15. The highest BCUT2D eigenvalue weighted by atomic mass is 16.3. The molecule has 9 heteroatoms. The summed E-state index contributed by atoms with van der Waals surface area (Å²) >= 11 is 0. The number of hydrogen-bond donors (Lipinski definition) is 3. The van der Waals surface area contributed by atoms with Crippen LogP contribution in [0.25, 0.3) is 21.9 Å². The van der Waals surface area contributed by atoms with E-state index in [2.05, 4.69) is 48.4 Å². The molecule has 9 nitrogen and oxygen atoms in total. The fourth-order valence-corrected chi connectivity index (χ4v) is 4.24. The first kappa shape index (κ1) is 23.5. The number of aromatic nitrogens is 5. The number of pyridine rings is 1. The molecule has 0 bridgehead atoms. The highest BCUT2D eigenvalue weighted by Crippen LogP contribution is 2.27. The molecule has 0 spiro atoms. The van der Waals surface area contributed by atoms with Crippen molar-refractivity contribution in [3.8, 4) is 0 Å². The van der Waals surface area contributed by atoms with E-state index in [4.69, 9.17) is 0 Å². The quantitative estimate of drug-likeness (QED) is 0.322. The van der Waals surface area contributed by atoms with Gasteiger partial charge in [-0.05, 0) is 63.2 Å². The second-order valence-corrected chi connectivity index (χ2v) is 9.75. The molecule has 0 aliphatic rings. The number of rotatable bonds is 7. The van der Waals surface area contributed by atoms with Gasteiger partial charge in [-0.15, -0.1) is 0 Å². The Hall–Kier alpha value is -4.24. The van der Waals surface area contributed by atoms with Crippen LogP contribution in [-0.2, 0) is 13.1 Å². The standard InChI is InChI=1S/C27H29N7O2/c1-27(2,3)32-26(36)22-6-4-5-20(30-22)16-34-11-9-18-15-19(7-8-23(18)34)31-25-24-21(28-17-29-25)10-12-33(24)13-14-35/h4-12,15,17,35H,13-14,16H2,1-3H3,(H,32,36)(H,28,29,31). The van der Waals surface area contributed by atoms with Crippen molar-refractivity contribution >= 4 is 39.3 Å². The maximum atomic E-state index is 12.5. The SMILES string of the molecule is CC(C)(C)NC(=O)c1cccc(Cn2ccc3cc(Nc4ncnc5ccn(CCO)c45)ccc32)n1. The second-order valence-electron chi connectivity index (χ2n) is 9.75. The molecular weight excluding hydrogens is 454 g/mol. The topological polar surface area (TPSA) is 110 Å². The Morgan fingerprint density at radius 3 is 2.67 bits per heavy atom. The smallest absolute Gasteiger partial charge is 0.270 e. The molecule has 5 rings (SSSR count). The van der Waals surface area contributed by atoms with E-state index in [-0.39, 0.29) is 18.1 Å². The van der Waals surface area contributed by atoms with Crippen molar-refractivity contribution in [1.82, 2.24) is 29.4 Å². The molecule has 0 aliphatic heterocycles. The Bertz CT molecular complexity index is 1550. The Balaban J connectivity index is 1.38. The maximum Gasteiger partial charge on any atom is 0.270 e. The normalized spacial score (nSPS) is 11.8. The minimum atomic E-state index is -0.323. The summed E-state index contributed by atoms with van der Waals surface area (Å²) in [7, 11) is 0. The van der Waals surface area contributed by atoms with Crippen LogP contribution in [0.1, 0.15) is 37.0 Å². The lowest BCUT2D eigenvalue weighted by Gasteiger charge is -2.20. The van der Waals surface area contributed by atoms with Gasteiger partial charge in [0.05, 0.1) is 24.4 Å². The van der Waals surface area contributed by atoms with Crippen LogP contribution in [0.2, 0.25) is 0 Å². The van der Waals surface area contributed by atoms with Crippen LogP contribution in [0, 0.1) is 0 Å². The lowest BCUT2D eigenvalue weighted by molar-refractivity contribution is 0.0914.